The molecule has 1 amide bonds. The normalized spacial score (nSPS) is 10.1. The quantitative estimate of drug-likeness (QED) is 0.768. The summed E-state index contributed by atoms with van der Waals surface area (Å²) in [5.41, 5.74) is 0.595. The fraction of sp³-hybridized carbons (Fsp3) is 0.0667. The number of carbonyl (C=O) groups excluding carboxylic acids is 1. The highest BCUT2D eigenvalue weighted by molar-refractivity contribution is 9.10. The Kier molecular flexibility index (Phi) is 4.93. The first-order chi connectivity index (χ1) is 9.63. The molecule has 0 unspecified atom stereocenters. The molecule has 0 aliphatic carbocycles. The molecular formula is C15H12BrClN2O. The second kappa shape index (κ2) is 6.68. The Hall–Kier alpha value is -1.65. The lowest BCUT2D eigenvalue weighted by Crippen LogP contribution is -2.32. The van der Waals surface area contributed by atoms with Crippen molar-refractivity contribution in [3.8, 4) is 0 Å². The summed E-state index contributed by atoms with van der Waals surface area (Å²) < 4.78 is 0.663. The first-order valence-corrected chi connectivity index (χ1v) is 7.09. The predicted octanol–water partition coefficient (Wildman–Crippen LogP) is 4.33. The number of hydrogen-bond donors (Lipinski definition) is 0. The minimum atomic E-state index is -0.138. The van der Waals surface area contributed by atoms with Gasteiger partial charge in [0.1, 0.15) is 5.82 Å². The molecule has 1 aromatic carbocycles. The van der Waals surface area contributed by atoms with E-state index in [0.29, 0.717) is 27.4 Å². The van der Waals surface area contributed by atoms with Crippen LogP contribution in [0, 0.1) is 0 Å². The summed E-state index contributed by atoms with van der Waals surface area (Å²) >= 11 is 9.26. The van der Waals surface area contributed by atoms with Gasteiger partial charge in [0.05, 0.1) is 9.50 Å². The first kappa shape index (κ1) is 14.8. The number of halogens is 2. The summed E-state index contributed by atoms with van der Waals surface area (Å²) in [6.45, 7) is 4.05. The van der Waals surface area contributed by atoms with Gasteiger partial charge in [-0.3, -0.25) is 9.69 Å². The number of pyridine rings is 1. The zero-order valence-electron chi connectivity index (χ0n) is 10.6. The van der Waals surface area contributed by atoms with Crippen molar-refractivity contribution in [1.29, 1.82) is 0 Å². The van der Waals surface area contributed by atoms with Crippen molar-refractivity contribution in [3.63, 3.8) is 0 Å². The van der Waals surface area contributed by atoms with Crippen LogP contribution in [0.1, 0.15) is 10.4 Å². The fourth-order valence-electron chi connectivity index (χ4n) is 1.74. The maximum atomic E-state index is 12.6. The van der Waals surface area contributed by atoms with Crippen LogP contribution in [0.15, 0.2) is 59.7 Å². The van der Waals surface area contributed by atoms with Crippen LogP contribution in [0.3, 0.4) is 0 Å². The monoisotopic (exact) mass is 350 g/mol. The third kappa shape index (κ3) is 3.26. The molecule has 1 heterocycles. The number of nitrogens with zero attached hydrogens (tertiary/aromatic N) is 2. The molecule has 0 bridgehead atoms. The Balaban J connectivity index is 2.41. The summed E-state index contributed by atoms with van der Waals surface area (Å²) in [7, 11) is 0. The van der Waals surface area contributed by atoms with Crippen molar-refractivity contribution in [3.05, 3.63) is 70.3 Å². The molecule has 0 saturated heterocycles. The van der Waals surface area contributed by atoms with Crippen LogP contribution in [-0.4, -0.2) is 17.4 Å². The highest BCUT2D eigenvalue weighted by Gasteiger charge is 2.19. The third-order valence-electron chi connectivity index (χ3n) is 2.62. The molecule has 0 fully saturated rings. The first-order valence-electron chi connectivity index (χ1n) is 5.92. The molecule has 2 aromatic rings. The van der Waals surface area contributed by atoms with E-state index in [2.05, 4.69) is 27.5 Å². The Bertz CT molecular complexity index is 631. The molecule has 0 atom stereocenters. The van der Waals surface area contributed by atoms with Crippen LogP contribution in [0.2, 0.25) is 5.02 Å². The lowest BCUT2D eigenvalue weighted by Gasteiger charge is -2.21. The van der Waals surface area contributed by atoms with Crippen molar-refractivity contribution >= 4 is 39.3 Å². The molecule has 20 heavy (non-hydrogen) atoms. The maximum Gasteiger partial charge on any atom is 0.259 e. The van der Waals surface area contributed by atoms with Crippen LogP contribution in [0.4, 0.5) is 5.82 Å². The van der Waals surface area contributed by atoms with Gasteiger partial charge in [0.25, 0.3) is 5.91 Å². The molecule has 0 aliphatic rings. The number of amides is 1. The van der Waals surface area contributed by atoms with Gasteiger partial charge in [0.15, 0.2) is 0 Å². The lowest BCUT2D eigenvalue weighted by molar-refractivity contribution is 0.0989. The van der Waals surface area contributed by atoms with Gasteiger partial charge in [-0.25, -0.2) is 4.98 Å². The Morgan fingerprint density at radius 2 is 2.10 bits per heavy atom. The van der Waals surface area contributed by atoms with E-state index < -0.39 is 0 Å². The van der Waals surface area contributed by atoms with Gasteiger partial charge in [-0.2, -0.15) is 0 Å². The van der Waals surface area contributed by atoms with Crippen LogP contribution in [0.5, 0.6) is 0 Å². The fourth-order valence-corrected chi connectivity index (χ4v) is 2.59. The molecule has 0 aliphatic heterocycles. The molecule has 2 rings (SSSR count). The van der Waals surface area contributed by atoms with Crippen molar-refractivity contribution in [2.75, 3.05) is 11.4 Å². The number of hydrogen-bond acceptors (Lipinski definition) is 2. The summed E-state index contributed by atoms with van der Waals surface area (Å²) in [5, 5.41) is 0.506. The van der Waals surface area contributed by atoms with Crippen molar-refractivity contribution < 1.29 is 4.79 Å². The Morgan fingerprint density at radius 1 is 1.40 bits per heavy atom. The van der Waals surface area contributed by atoms with Crippen molar-refractivity contribution in [2.24, 2.45) is 0 Å². The van der Waals surface area contributed by atoms with Crippen LogP contribution >= 0.6 is 27.5 Å². The van der Waals surface area contributed by atoms with Gasteiger partial charge in [-0.05, 0) is 34.1 Å². The Labute approximate surface area is 131 Å². The highest BCUT2D eigenvalue weighted by Crippen LogP contribution is 2.27. The highest BCUT2D eigenvalue weighted by atomic mass is 79.9. The topological polar surface area (TPSA) is 33.2 Å². The molecule has 0 N–H and O–H groups in total. The molecule has 0 spiro atoms. The molecule has 102 valence electrons. The van der Waals surface area contributed by atoms with E-state index in [0.717, 1.165) is 0 Å². The van der Waals surface area contributed by atoms with Gasteiger partial charge in [-0.15, -0.1) is 6.58 Å². The van der Waals surface area contributed by atoms with E-state index in [-0.39, 0.29) is 5.91 Å². The third-order valence-corrected chi connectivity index (χ3v) is 3.41. The smallest absolute Gasteiger partial charge is 0.259 e. The number of carbonyl (C=O) groups is 1. The summed E-state index contributed by atoms with van der Waals surface area (Å²) in [5.74, 6) is 0.379. The average Bonchev–Trinajstić information content (AvgIpc) is 2.46. The number of benzene rings is 1. The molecular weight excluding hydrogens is 340 g/mol. The van der Waals surface area contributed by atoms with E-state index >= 15 is 0 Å². The SMILES string of the molecule is C=CCN(C(=O)c1ccccc1)c1ncc(Cl)cc1Br. The number of aromatic nitrogens is 1. The summed E-state index contributed by atoms with van der Waals surface area (Å²) in [4.78, 5) is 18.3. The van der Waals surface area contributed by atoms with Crippen LogP contribution in [-0.2, 0) is 0 Å². The standard InChI is InChI=1S/C15H12BrClN2O/c1-2-8-19(14-13(16)9-12(17)10-18-14)15(20)11-6-4-3-5-7-11/h2-7,9-10H,1,8H2. The van der Waals surface area contributed by atoms with E-state index in [1.165, 1.54) is 6.20 Å². The molecule has 5 heteroatoms. The largest absolute Gasteiger partial charge is 0.288 e. The van der Waals surface area contributed by atoms with Crippen molar-refractivity contribution in [2.45, 2.75) is 0 Å². The van der Waals surface area contributed by atoms with E-state index in [1.807, 2.05) is 18.2 Å². The molecule has 3 nitrogen and oxygen atoms in total. The number of anilines is 1. The molecule has 1 aromatic heterocycles. The van der Waals surface area contributed by atoms with Crippen LogP contribution < -0.4 is 4.90 Å². The van der Waals surface area contributed by atoms with E-state index in [4.69, 9.17) is 11.6 Å². The second-order valence-electron chi connectivity index (χ2n) is 4.03. The molecule has 0 radical (unpaired) electrons. The summed E-state index contributed by atoms with van der Waals surface area (Å²) in [6, 6.07) is 10.8. The maximum absolute atomic E-state index is 12.6. The predicted molar refractivity (Wildman–Crippen MR) is 85.3 cm³/mol. The van der Waals surface area contributed by atoms with Gasteiger partial charge >= 0.3 is 0 Å². The van der Waals surface area contributed by atoms with Gasteiger partial charge in [-0.1, -0.05) is 35.9 Å². The summed E-state index contributed by atoms with van der Waals surface area (Å²) in [6.07, 6.45) is 3.17. The second-order valence-corrected chi connectivity index (χ2v) is 5.32. The minimum Gasteiger partial charge on any atom is -0.288 e. The van der Waals surface area contributed by atoms with Gasteiger partial charge in [0.2, 0.25) is 0 Å². The molecule has 0 saturated carbocycles. The van der Waals surface area contributed by atoms with Gasteiger partial charge in [0, 0.05) is 18.3 Å². The van der Waals surface area contributed by atoms with E-state index in [9.17, 15) is 4.79 Å². The van der Waals surface area contributed by atoms with Crippen LogP contribution in [0.25, 0.3) is 0 Å². The average molecular weight is 352 g/mol. The van der Waals surface area contributed by atoms with Gasteiger partial charge < -0.3 is 0 Å². The minimum absolute atomic E-state index is 0.138. The van der Waals surface area contributed by atoms with E-state index in [1.54, 1.807) is 29.2 Å². The number of rotatable bonds is 4. The zero-order chi connectivity index (χ0) is 14.5. The Morgan fingerprint density at radius 3 is 2.70 bits per heavy atom. The lowest BCUT2D eigenvalue weighted by atomic mass is 10.2. The zero-order valence-corrected chi connectivity index (χ0v) is 12.9. The van der Waals surface area contributed by atoms with Crippen molar-refractivity contribution in [1.82, 2.24) is 4.98 Å².